The molecule has 3 aromatic rings. The number of hydrogen-bond acceptors (Lipinski definition) is 5. The Morgan fingerprint density at radius 2 is 2.05 bits per heavy atom. The summed E-state index contributed by atoms with van der Waals surface area (Å²) in [6, 6.07) is 9.75. The highest BCUT2D eigenvalue weighted by molar-refractivity contribution is 7.16. The third-order valence-electron chi connectivity index (χ3n) is 2.93. The highest BCUT2D eigenvalue weighted by Gasteiger charge is 2.07. The summed E-state index contributed by atoms with van der Waals surface area (Å²) in [5.41, 5.74) is 1.97. The van der Waals surface area contributed by atoms with Gasteiger partial charge < -0.3 is 10.4 Å². The molecule has 0 bridgehead atoms. The SMILES string of the molecule is OCc1cccc(CNc2nc(Cl)nc3sccc23)c1. The van der Waals surface area contributed by atoms with Crippen molar-refractivity contribution in [1.29, 1.82) is 0 Å². The summed E-state index contributed by atoms with van der Waals surface area (Å²) in [5.74, 6) is 0.732. The molecular weight excluding hydrogens is 294 g/mol. The largest absolute Gasteiger partial charge is 0.392 e. The Bertz CT molecular complexity index is 744. The Kier molecular flexibility index (Phi) is 3.82. The van der Waals surface area contributed by atoms with Gasteiger partial charge in [0.1, 0.15) is 10.6 Å². The predicted molar refractivity (Wildman–Crippen MR) is 82.1 cm³/mol. The molecule has 0 amide bonds. The van der Waals surface area contributed by atoms with Crippen molar-refractivity contribution in [3.63, 3.8) is 0 Å². The molecule has 102 valence electrons. The summed E-state index contributed by atoms with van der Waals surface area (Å²) >= 11 is 7.46. The van der Waals surface area contributed by atoms with Crippen LogP contribution in [0.2, 0.25) is 5.28 Å². The summed E-state index contributed by atoms with van der Waals surface area (Å²) in [6.07, 6.45) is 0. The first-order valence-corrected chi connectivity index (χ1v) is 7.35. The van der Waals surface area contributed by atoms with Crippen LogP contribution in [0.15, 0.2) is 35.7 Å². The quantitative estimate of drug-likeness (QED) is 0.725. The van der Waals surface area contributed by atoms with Crippen LogP contribution in [0.1, 0.15) is 11.1 Å². The molecule has 2 N–H and O–H groups in total. The van der Waals surface area contributed by atoms with Crippen LogP contribution in [-0.2, 0) is 13.2 Å². The zero-order chi connectivity index (χ0) is 13.9. The molecule has 2 heterocycles. The summed E-state index contributed by atoms with van der Waals surface area (Å²) < 4.78 is 0. The number of aromatic nitrogens is 2. The van der Waals surface area contributed by atoms with Crippen LogP contribution in [0, 0.1) is 0 Å². The van der Waals surface area contributed by atoms with E-state index in [0.717, 1.165) is 27.2 Å². The van der Waals surface area contributed by atoms with Gasteiger partial charge in [0.2, 0.25) is 5.28 Å². The van der Waals surface area contributed by atoms with Gasteiger partial charge in [-0.2, -0.15) is 0 Å². The first-order chi connectivity index (χ1) is 9.76. The van der Waals surface area contributed by atoms with Gasteiger partial charge in [0, 0.05) is 6.54 Å². The second kappa shape index (κ2) is 5.75. The van der Waals surface area contributed by atoms with E-state index in [-0.39, 0.29) is 11.9 Å². The average Bonchev–Trinajstić information content (AvgIpc) is 2.93. The molecule has 2 aromatic heterocycles. The number of aliphatic hydroxyl groups excluding tert-OH is 1. The van der Waals surface area contributed by atoms with E-state index in [1.54, 1.807) is 0 Å². The molecule has 0 atom stereocenters. The van der Waals surface area contributed by atoms with E-state index in [4.69, 9.17) is 16.7 Å². The average molecular weight is 306 g/mol. The van der Waals surface area contributed by atoms with Crippen LogP contribution in [-0.4, -0.2) is 15.1 Å². The van der Waals surface area contributed by atoms with Gasteiger partial charge in [-0.1, -0.05) is 24.3 Å². The molecule has 0 saturated heterocycles. The van der Waals surface area contributed by atoms with Crippen molar-refractivity contribution in [3.05, 3.63) is 52.1 Å². The number of aliphatic hydroxyl groups is 1. The molecule has 0 aliphatic heterocycles. The number of nitrogens with zero attached hydrogens (tertiary/aromatic N) is 2. The maximum Gasteiger partial charge on any atom is 0.225 e. The number of halogens is 1. The summed E-state index contributed by atoms with van der Waals surface area (Å²) in [7, 11) is 0. The number of rotatable bonds is 4. The summed E-state index contributed by atoms with van der Waals surface area (Å²) in [5, 5.41) is 15.6. The fourth-order valence-corrected chi connectivity index (χ4v) is 2.97. The molecule has 1 aromatic carbocycles. The molecule has 0 unspecified atom stereocenters. The van der Waals surface area contributed by atoms with Gasteiger partial charge in [-0.05, 0) is 34.2 Å². The maximum absolute atomic E-state index is 9.14. The van der Waals surface area contributed by atoms with Crippen molar-refractivity contribution in [2.75, 3.05) is 5.32 Å². The van der Waals surface area contributed by atoms with Crippen LogP contribution in [0.25, 0.3) is 10.2 Å². The maximum atomic E-state index is 9.14. The van der Waals surface area contributed by atoms with Crippen LogP contribution < -0.4 is 5.32 Å². The number of benzene rings is 1. The summed E-state index contributed by atoms with van der Waals surface area (Å²) in [4.78, 5) is 9.28. The van der Waals surface area contributed by atoms with Gasteiger partial charge in [0.25, 0.3) is 0 Å². The Labute approximate surface area is 125 Å². The minimum Gasteiger partial charge on any atom is -0.392 e. The third kappa shape index (κ3) is 2.75. The smallest absolute Gasteiger partial charge is 0.225 e. The lowest BCUT2D eigenvalue weighted by molar-refractivity contribution is 0.281. The normalized spacial score (nSPS) is 10.9. The van der Waals surface area contributed by atoms with E-state index in [1.165, 1.54) is 11.3 Å². The Hall–Kier alpha value is -1.69. The van der Waals surface area contributed by atoms with E-state index in [9.17, 15) is 0 Å². The van der Waals surface area contributed by atoms with Gasteiger partial charge in [0.15, 0.2) is 0 Å². The van der Waals surface area contributed by atoms with Crippen molar-refractivity contribution in [1.82, 2.24) is 9.97 Å². The first kappa shape index (κ1) is 13.3. The summed E-state index contributed by atoms with van der Waals surface area (Å²) in [6.45, 7) is 0.661. The van der Waals surface area contributed by atoms with Gasteiger partial charge in [-0.3, -0.25) is 0 Å². The van der Waals surface area contributed by atoms with Crippen molar-refractivity contribution < 1.29 is 5.11 Å². The van der Waals surface area contributed by atoms with Crippen LogP contribution in [0.5, 0.6) is 0 Å². The lowest BCUT2D eigenvalue weighted by Crippen LogP contribution is -2.03. The molecule has 0 aliphatic rings. The number of fused-ring (bicyclic) bond motifs is 1. The van der Waals surface area contributed by atoms with Crippen molar-refractivity contribution in [2.24, 2.45) is 0 Å². The van der Waals surface area contributed by atoms with Crippen LogP contribution in [0.3, 0.4) is 0 Å². The molecule has 0 radical (unpaired) electrons. The Morgan fingerprint density at radius 3 is 2.90 bits per heavy atom. The highest BCUT2D eigenvalue weighted by Crippen LogP contribution is 2.26. The number of thiophene rings is 1. The Morgan fingerprint density at radius 1 is 1.20 bits per heavy atom. The first-order valence-electron chi connectivity index (χ1n) is 6.09. The highest BCUT2D eigenvalue weighted by atomic mass is 35.5. The van der Waals surface area contributed by atoms with E-state index < -0.39 is 0 Å². The number of hydrogen-bond donors (Lipinski definition) is 2. The van der Waals surface area contributed by atoms with Gasteiger partial charge in [-0.15, -0.1) is 11.3 Å². The molecule has 0 spiro atoms. The second-order valence-electron chi connectivity index (χ2n) is 4.31. The molecular formula is C14H12ClN3OS. The molecule has 3 rings (SSSR count). The van der Waals surface area contributed by atoms with E-state index in [1.807, 2.05) is 35.7 Å². The van der Waals surface area contributed by atoms with Gasteiger partial charge in [-0.25, -0.2) is 9.97 Å². The second-order valence-corrected chi connectivity index (χ2v) is 5.54. The molecule has 4 nitrogen and oxygen atoms in total. The monoisotopic (exact) mass is 305 g/mol. The van der Waals surface area contributed by atoms with Crippen LogP contribution in [0.4, 0.5) is 5.82 Å². The van der Waals surface area contributed by atoms with Crippen molar-refractivity contribution in [2.45, 2.75) is 13.2 Å². The van der Waals surface area contributed by atoms with Crippen LogP contribution >= 0.6 is 22.9 Å². The fraction of sp³-hybridized carbons (Fsp3) is 0.143. The number of anilines is 1. The lowest BCUT2D eigenvalue weighted by Gasteiger charge is -2.08. The van der Waals surface area contributed by atoms with Gasteiger partial charge >= 0.3 is 0 Å². The zero-order valence-electron chi connectivity index (χ0n) is 10.5. The fourth-order valence-electron chi connectivity index (χ4n) is 1.99. The zero-order valence-corrected chi connectivity index (χ0v) is 12.1. The lowest BCUT2D eigenvalue weighted by atomic mass is 10.1. The molecule has 20 heavy (non-hydrogen) atoms. The third-order valence-corrected chi connectivity index (χ3v) is 3.91. The molecule has 0 saturated carbocycles. The minimum absolute atomic E-state index is 0.0436. The van der Waals surface area contributed by atoms with E-state index >= 15 is 0 Å². The topological polar surface area (TPSA) is 58.0 Å². The molecule has 6 heteroatoms. The van der Waals surface area contributed by atoms with E-state index in [0.29, 0.717) is 6.54 Å². The minimum atomic E-state index is 0.0436. The standard InChI is InChI=1S/C14H12ClN3OS/c15-14-17-12(11-4-5-20-13(11)18-14)16-7-9-2-1-3-10(6-9)8-19/h1-6,19H,7-8H2,(H,16,17,18). The number of nitrogens with one attached hydrogen (secondary N) is 1. The Balaban J connectivity index is 1.84. The predicted octanol–water partition coefficient (Wildman–Crippen LogP) is 3.45. The van der Waals surface area contributed by atoms with Gasteiger partial charge in [0.05, 0.1) is 12.0 Å². The van der Waals surface area contributed by atoms with Crippen molar-refractivity contribution in [3.8, 4) is 0 Å². The molecule has 0 aliphatic carbocycles. The molecule has 0 fully saturated rings. The van der Waals surface area contributed by atoms with E-state index in [2.05, 4.69) is 15.3 Å². The van der Waals surface area contributed by atoms with Crippen molar-refractivity contribution >= 4 is 39.0 Å².